The molecule has 3 aromatic rings. The molecule has 0 saturated carbocycles. The van der Waals surface area contributed by atoms with Crippen LogP contribution in [0.4, 0.5) is 5.69 Å². The van der Waals surface area contributed by atoms with E-state index in [-0.39, 0.29) is 43.1 Å². The predicted octanol–water partition coefficient (Wildman–Crippen LogP) is 3.41. The van der Waals surface area contributed by atoms with Crippen LogP contribution in [0.15, 0.2) is 54.0 Å². The topological polar surface area (TPSA) is 156 Å². The lowest BCUT2D eigenvalue weighted by atomic mass is 9.85. The maximum atomic E-state index is 14.0. The fraction of sp³-hybridized carbons (Fsp3) is 0.500. The number of aliphatic hydroxyl groups is 1. The van der Waals surface area contributed by atoms with Crippen LogP contribution in [0.5, 0.6) is 0 Å². The lowest BCUT2D eigenvalue weighted by Gasteiger charge is -2.35. The smallest absolute Gasteiger partial charge is 0.251 e. The van der Waals surface area contributed by atoms with Gasteiger partial charge in [0.2, 0.25) is 17.7 Å². The Morgan fingerprint density at radius 1 is 1.02 bits per heavy atom. The van der Waals surface area contributed by atoms with Gasteiger partial charge in [-0.1, -0.05) is 45.0 Å². The number of aliphatic hydroxyl groups excluding tert-OH is 1. The molecule has 13 heteroatoms. The molecule has 0 unspecified atom stereocenters. The van der Waals surface area contributed by atoms with Gasteiger partial charge in [0, 0.05) is 63.4 Å². The molecule has 12 nitrogen and oxygen atoms in total. The number of nitrogens with zero attached hydrogens (tertiary/aromatic N) is 3. The number of carbonyl (C=O) groups excluding carboxylic acids is 4. The third kappa shape index (κ3) is 9.72. The van der Waals surface area contributed by atoms with Crippen molar-refractivity contribution >= 4 is 40.7 Å². The third-order valence-corrected chi connectivity index (χ3v) is 10.5. The largest absolute Gasteiger partial charge is 0.391 e. The highest BCUT2D eigenvalue weighted by Gasteiger charge is 2.44. The molecule has 2 aromatic carbocycles. The number of β-amino-alcohol motifs (C(OH)–C–C–N with tert-alkyl or cyclic N) is 1. The first-order valence-corrected chi connectivity index (χ1v) is 18.6. The number of piperazine rings is 1. The minimum absolute atomic E-state index is 0.00109. The first-order valence-electron chi connectivity index (χ1n) is 17.7. The molecular weight excluding hydrogens is 667 g/mol. The monoisotopic (exact) mass is 717 g/mol. The predicted molar refractivity (Wildman–Crippen MR) is 199 cm³/mol. The van der Waals surface area contributed by atoms with Gasteiger partial charge in [-0.3, -0.25) is 19.2 Å². The second-order valence-corrected chi connectivity index (χ2v) is 15.4. The van der Waals surface area contributed by atoms with Gasteiger partial charge in [-0.25, -0.2) is 4.98 Å². The van der Waals surface area contributed by atoms with E-state index in [0.29, 0.717) is 18.5 Å². The van der Waals surface area contributed by atoms with E-state index in [1.54, 1.807) is 11.3 Å². The molecule has 5 rings (SSSR count). The van der Waals surface area contributed by atoms with Gasteiger partial charge in [0.05, 0.1) is 28.2 Å². The average molecular weight is 718 g/mol. The highest BCUT2D eigenvalue weighted by atomic mass is 32.1. The fourth-order valence-electron chi connectivity index (χ4n) is 6.55. The molecule has 2 saturated heterocycles. The Hall–Kier alpha value is -4.33. The summed E-state index contributed by atoms with van der Waals surface area (Å²) in [6.45, 7) is 13.4. The molecule has 2 fully saturated rings. The lowest BCUT2D eigenvalue weighted by Crippen LogP contribution is -2.57. The van der Waals surface area contributed by atoms with Crippen LogP contribution >= 0.6 is 11.3 Å². The number of benzene rings is 2. The minimum atomic E-state index is -0.922. The Morgan fingerprint density at radius 2 is 1.71 bits per heavy atom. The van der Waals surface area contributed by atoms with Crippen molar-refractivity contribution in [1.29, 1.82) is 0 Å². The van der Waals surface area contributed by atoms with Crippen LogP contribution < -0.4 is 26.2 Å². The van der Waals surface area contributed by atoms with Crippen LogP contribution in [0, 0.1) is 12.3 Å². The van der Waals surface area contributed by atoms with Crippen molar-refractivity contribution in [1.82, 2.24) is 31.2 Å². The molecule has 4 atom stereocenters. The molecule has 0 radical (unpaired) electrons. The van der Waals surface area contributed by atoms with Gasteiger partial charge in [-0.05, 0) is 61.1 Å². The number of nitrogens with one attached hydrogen (secondary N) is 4. The SMILES string of the molecule is Cc1ncsc1-c1ccc([C@H](C)NC(=O)[C@@H]2C[C@@H](O)CN2C(=O)[C@@H](NC(=O)CCCNC(=O)c2ccc(N3CCNCC3)cc2)C(C)(C)C)cc1. The van der Waals surface area contributed by atoms with Crippen LogP contribution in [0.25, 0.3) is 10.4 Å². The Balaban J connectivity index is 1.12. The molecule has 0 bridgehead atoms. The van der Waals surface area contributed by atoms with Gasteiger partial charge in [0.15, 0.2) is 0 Å². The molecule has 51 heavy (non-hydrogen) atoms. The van der Waals surface area contributed by atoms with Crippen LogP contribution in [0.3, 0.4) is 0 Å². The fourth-order valence-corrected chi connectivity index (χ4v) is 7.36. The quantitative estimate of drug-likeness (QED) is 0.179. The van der Waals surface area contributed by atoms with Crippen LogP contribution in [0.1, 0.15) is 74.6 Å². The zero-order valence-electron chi connectivity index (χ0n) is 30.2. The second-order valence-electron chi connectivity index (χ2n) is 14.5. The van der Waals surface area contributed by atoms with E-state index in [1.807, 2.05) is 88.7 Å². The van der Waals surface area contributed by atoms with Gasteiger partial charge in [0.1, 0.15) is 12.1 Å². The van der Waals surface area contributed by atoms with Gasteiger partial charge in [-0.2, -0.15) is 0 Å². The second kappa shape index (κ2) is 16.8. The van der Waals surface area contributed by atoms with Crippen molar-refractivity contribution in [3.8, 4) is 10.4 Å². The average Bonchev–Trinajstić information content (AvgIpc) is 3.73. The third-order valence-electron chi connectivity index (χ3n) is 9.54. The molecule has 5 N–H and O–H groups in total. The molecular formula is C38H51N7O5S. The number of hydrogen-bond acceptors (Lipinski definition) is 9. The van der Waals surface area contributed by atoms with Gasteiger partial charge in [-0.15, -0.1) is 11.3 Å². The van der Waals surface area contributed by atoms with Crippen molar-refractivity contribution in [2.45, 2.75) is 78.1 Å². The number of likely N-dealkylation sites (tertiary alicyclic amines) is 1. The highest BCUT2D eigenvalue weighted by molar-refractivity contribution is 7.13. The molecule has 2 aliphatic heterocycles. The molecule has 4 amide bonds. The van der Waals surface area contributed by atoms with E-state index in [4.69, 9.17) is 0 Å². The van der Waals surface area contributed by atoms with Crippen molar-refractivity contribution < 1.29 is 24.3 Å². The molecule has 0 spiro atoms. The van der Waals surface area contributed by atoms with E-state index in [2.05, 4.69) is 31.2 Å². The van der Waals surface area contributed by atoms with E-state index < -0.39 is 29.5 Å². The van der Waals surface area contributed by atoms with Crippen LogP contribution in [0.2, 0.25) is 0 Å². The summed E-state index contributed by atoms with van der Waals surface area (Å²) in [6, 6.07) is 13.3. The zero-order valence-corrected chi connectivity index (χ0v) is 31.0. The van der Waals surface area contributed by atoms with Crippen molar-refractivity contribution in [3.05, 3.63) is 70.9 Å². The number of amides is 4. The number of anilines is 1. The Labute approximate surface area is 304 Å². The summed E-state index contributed by atoms with van der Waals surface area (Å²) in [7, 11) is 0. The first-order chi connectivity index (χ1) is 24.3. The Morgan fingerprint density at radius 3 is 2.33 bits per heavy atom. The Bertz CT molecular complexity index is 1660. The van der Waals surface area contributed by atoms with Crippen molar-refractivity contribution in [2.24, 2.45) is 5.41 Å². The van der Waals surface area contributed by atoms with Gasteiger partial charge < -0.3 is 36.2 Å². The van der Waals surface area contributed by atoms with Crippen LogP contribution in [-0.2, 0) is 14.4 Å². The summed E-state index contributed by atoms with van der Waals surface area (Å²) >= 11 is 1.58. The lowest BCUT2D eigenvalue weighted by molar-refractivity contribution is -0.144. The van der Waals surface area contributed by atoms with E-state index >= 15 is 0 Å². The first kappa shape index (κ1) is 37.9. The maximum absolute atomic E-state index is 14.0. The standard InChI is InChI=1S/C38H51N7O5S/c1-24(26-8-10-27(11-9-26)33-25(2)41-23-51-33)42-36(49)31-21-30(46)22-45(31)37(50)34(38(3,4)5)43-32(47)7-6-16-40-35(48)28-12-14-29(15-13-28)44-19-17-39-18-20-44/h8-15,23-24,30-31,34,39,46H,6-7,16-22H2,1-5H3,(H,40,48)(H,42,49)(H,43,47)/t24-,30+,31-,34+/m0/s1. The summed E-state index contributed by atoms with van der Waals surface area (Å²) < 4.78 is 0. The normalized spacial score (nSPS) is 18.9. The highest BCUT2D eigenvalue weighted by Crippen LogP contribution is 2.29. The van der Waals surface area contributed by atoms with Crippen molar-refractivity contribution in [3.63, 3.8) is 0 Å². The zero-order chi connectivity index (χ0) is 36.7. The van der Waals surface area contributed by atoms with E-state index in [1.165, 1.54) is 4.90 Å². The van der Waals surface area contributed by atoms with E-state index in [0.717, 1.165) is 53.6 Å². The number of carbonyl (C=O) groups is 4. The number of thiazole rings is 1. The number of aryl methyl sites for hydroxylation is 1. The number of rotatable bonds is 12. The minimum Gasteiger partial charge on any atom is -0.391 e. The summed E-state index contributed by atoms with van der Waals surface area (Å²) in [5.74, 6) is -1.31. The Kier molecular flexibility index (Phi) is 12.5. The summed E-state index contributed by atoms with van der Waals surface area (Å²) in [4.78, 5) is 62.4. The molecule has 0 aliphatic carbocycles. The number of hydrogen-bond donors (Lipinski definition) is 5. The molecule has 2 aliphatic rings. The summed E-state index contributed by atoms with van der Waals surface area (Å²) in [6.07, 6.45) is -0.262. The molecule has 274 valence electrons. The number of aromatic nitrogens is 1. The van der Waals surface area contributed by atoms with Crippen molar-refractivity contribution in [2.75, 3.05) is 44.2 Å². The summed E-state index contributed by atoms with van der Waals surface area (Å²) in [5, 5.41) is 22.7. The van der Waals surface area contributed by atoms with Crippen LogP contribution in [-0.4, -0.2) is 96.1 Å². The molecule has 1 aromatic heterocycles. The summed E-state index contributed by atoms with van der Waals surface area (Å²) in [5.41, 5.74) is 5.72. The van der Waals surface area contributed by atoms with Gasteiger partial charge in [0.25, 0.3) is 5.91 Å². The van der Waals surface area contributed by atoms with E-state index in [9.17, 15) is 24.3 Å². The molecule has 3 heterocycles. The maximum Gasteiger partial charge on any atom is 0.251 e. The van der Waals surface area contributed by atoms with Gasteiger partial charge >= 0.3 is 0 Å².